The van der Waals surface area contributed by atoms with E-state index in [1.165, 1.54) is 5.56 Å². The van der Waals surface area contributed by atoms with E-state index in [4.69, 9.17) is 22.7 Å². The van der Waals surface area contributed by atoms with E-state index in [0.29, 0.717) is 11.6 Å². The van der Waals surface area contributed by atoms with Gasteiger partial charge in [-0.15, -0.1) is 0 Å². The molecule has 0 saturated heterocycles. The predicted molar refractivity (Wildman–Crippen MR) is 82.0 cm³/mol. The Balaban J connectivity index is 2.05. The number of rotatable bonds is 4. The van der Waals surface area contributed by atoms with Crippen LogP contribution in [0.5, 0.6) is 5.75 Å². The maximum atomic E-state index is 5.84. The summed E-state index contributed by atoms with van der Waals surface area (Å²) in [6.45, 7) is 5.31. The molecule has 5 heteroatoms. The smallest absolute Gasteiger partial charge is 0.145 e. The molecule has 102 valence electrons. The summed E-state index contributed by atoms with van der Waals surface area (Å²) in [6.07, 6.45) is 0. The van der Waals surface area contributed by atoms with Gasteiger partial charge in [0.2, 0.25) is 0 Å². The van der Waals surface area contributed by atoms with Crippen LogP contribution in [0.25, 0.3) is 0 Å². The lowest BCUT2D eigenvalue weighted by Gasteiger charge is -2.16. The Morgan fingerprint density at radius 2 is 2.26 bits per heavy atom. The fraction of sp³-hybridized carbons (Fsp3) is 0.429. The second-order valence-corrected chi connectivity index (χ2v) is 5.30. The standard InChI is InChI=1S/C14H19N3OS/c1-9-5-4-6-12(10(9)2)18-8-13-16-11(14(15)19)7-17(13)3/h4-6,11H,7-8H2,1-3H3,(H2,15,19). The quantitative estimate of drug-likeness (QED) is 0.851. The minimum Gasteiger partial charge on any atom is -0.485 e. The summed E-state index contributed by atoms with van der Waals surface area (Å²) >= 11 is 4.98. The summed E-state index contributed by atoms with van der Waals surface area (Å²) in [5, 5.41) is 0. The van der Waals surface area contributed by atoms with Gasteiger partial charge in [0.15, 0.2) is 0 Å². The van der Waals surface area contributed by atoms with Crippen molar-refractivity contribution < 1.29 is 4.74 Å². The summed E-state index contributed by atoms with van der Waals surface area (Å²) in [4.78, 5) is 6.96. The van der Waals surface area contributed by atoms with Gasteiger partial charge in [-0.2, -0.15) is 0 Å². The number of aliphatic imine (C=N–C) groups is 1. The lowest BCUT2D eigenvalue weighted by atomic mass is 10.1. The third-order valence-corrected chi connectivity index (χ3v) is 3.70. The maximum absolute atomic E-state index is 5.84. The van der Waals surface area contributed by atoms with Gasteiger partial charge in [0.05, 0.1) is 4.99 Å². The van der Waals surface area contributed by atoms with Crippen LogP contribution in [-0.2, 0) is 0 Å². The van der Waals surface area contributed by atoms with Crippen LogP contribution in [0.15, 0.2) is 23.2 Å². The Bertz CT molecular complexity index is 527. The largest absolute Gasteiger partial charge is 0.485 e. The van der Waals surface area contributed by atoms with E-state index in [2.05, 4.69) is 24.9 Å². The van der Waals surface area contributed by atoms with Crippen LogP contribution in [0.1, 0.15) is 11.1 Å². The first-order chi connectivity index (χ1) is 8.99. The number of nitrogens with two attached hydrogens (primary N) is 1. The van der Waals surface area contributed by atoms with Gasteiger partial charge < -0.3 is 15.4 Å². The van der Waals surface area contributed by atoms with Gasteiger partial charge in [0, 0.05) is 13.6 Å². The number of benzene rings is 1. The molecule has 1 aliphatic heterocycles. The van der Waals surface area contributed by atoms with E-state index in [0.717, 1.165) is 23.7 Å². The molecular formula is C14H19N3OS. The molecule has 0 amide bonds. The van der Waals surface area contributed by atoms with Gasteiger partial charge in [0.25, 0.3) is 0 Å². The van der Waals surface area contributed by atoms with Gasteiger partial charge in [-0.25, -0.2) is 0 Å². The van der Waals surface area contributed by atoms with Crippen molar-refractivity contribution in [1.82, 2.24) is 4.90 Å². The van der Waals surface area contributed by atoms with Crippen LogP contribution in [-0.4, -0.2) is 42.0 Å². The van der Waals surface area contributed by atoms with Crippen LogP contribution in [0.4, 0.5) is 0 Å². The highest BCUT2D eigenvalue weighted by molar-refractivity contribution is 7.80. The Labute approximate surface area is 119 Å². The molecule has 1 atom stereocenters. The zero-order valence-electron chi connectivity index (χ0n) is 11.5. The number of thiocarbonyl (C=S) groups is 1. The Hall–Kier alpha value is -1.62. The second kappa shape index (κ2) is 5.57. The first kappa shape index (κ1) is 13.8. The van der Waals surface area contributed by atoms with E-state index >= 15 is 0 Å². The second-order valence-electron chi connectivity index (χ2n) is 4.83. The average molecular weight is 277 g/mol. The van der Waals surface area contributed by atoms with Gasteiger partial charge in [0.1, 0.15) is 24.2 Å². The summed E-state index contributed by atoms with van der Waals surface area (Å²) in [7, 11) is 1.98. The molecule has 2 rings (SSSR count). The number of hydrogen-bond donors (Lipinski definition) is 1. The van der Waals surface area contributed by atoms with Gasteiger partial charge in [-0.3, -0.25) is 4.99 Å². The molecule has 0 bridgehead atoms. The lowest BCUT2D eigenvalue weighted by molar-refractivity contribution is 0.356. The lowest BCUT2D eigenvalue weighted by Crippen LogP contribution is -2.32. The molecule has 1 aromatic rings. The molecule has 0 radical (unpaired) electrons. The van der Waals surface area contributed by atoms with Gasteiger partial charge in [-0.05, 0) is 31.0 Å². The molecule has 0 aliphatic carbocycles. The number of amidine groups is 1. The van der Waals surface area contributed by atoms with Crippen molar-refractivity contribution in [2.24, 2.45) is 10.7 Å². The predicted octanol–water partition coefficient (Wildman–Crippen LogP) is 1.68. The molecule has 1 unspecified atom stereocenters. The van der Waals surface area contributed by atoms with E-state index < -0.39 is 0 Å². The van der Waals surface area contributed by atoms with E-state index in [1.807, 2.05) is 24.1 Å². The summed E-state index contributed by atoms with van der Waals surface area (Å²) in [5.41, 5.74) is 8.01. The van der Waals surface area contributed by atoms with Crippen molar-refractivity contribution in [2.45, 2.75) is 19.9 Å². The average Bonchev–Trinajstić information content (AvgIpc) is 2.73. The van der Waals surface area contributed by atoms with E-state index in [9.17, 15) is 0 Å². The minimum absolute atomic E-state index is 0.0859. The van der Waals surface area contributed by atoms with Crippen molar-refractivity contribution >= 4 is 23.0 Å². The Morgan fingerprint density at radius 3 is 2.89 bits per heavy atom. The summed E-state index contributed by atoms with van der Waals surface area (Å²) in [6, 6.07) is 5.96. The first-order valence-electron chi connectivity index (χ1n) is 6.25. The van der Waals surface area contributed by atoms with Crippen molar-refractivity contribution in [2.75, 3.05) is 20.2 Å². The van der Waals surface area contributed by atoms with Crippen molar-refractivity contribution in [3.63, 3.8) is 0 Å². The molecule has 19 heavy (non-hydrogen) atoms. The molecular weight excluding hydrogens is 258 g/mol. The highest BCUT2D eigenvalue weighted by Gasteiger charge is 2.24. The van der Waals surface area contributed by atoms with Crippen LogP contribution >= 0.6 is 12.2 Å². The van der Waals surface area contributed by atoms with E-state index in [1.54, 1.807) is 0 Å². The number of likely N-dealkylation sites (N-methyl/N-ethyl adjacent to an activating group) is 1. The first-order valence-corrected chi connectivity index (χ1v) is 6.66. The summed E-state index contributed by atoms with van der Waals surface area (Å²) in [5.74, 6) is 1.79. The minimum atomic E-state index is -0.0859. The molecule has 4 nitrogen and oxygen atoms in total. The number of ether oxygens (including phenoxy) is 1. The number of hydrogen-bond acceptors (Lipinski definition) is 4. The molecule has 0 fully saturated rings. The van der Waals surface area contributed by atoms with Gasteiger partial charge in [-0.1, -0.05) is 24.4 Å². The monoisotopic (exact) mass is 277 g/mol. The number of aryl methyl sites for hydroxylation is 1. The van der Waals surface area contributed by atoms with Crippen LogP contribution in [0.3, 0.4) is 0 Å². The topological polar surface area (TPSA) is 50.9 Å². The third kappa shape index (κ3) is 3.04. The third-order valence-electron chi connectivity index (χ3n) is 3.43. The van der Waals surface area contributed by atoms with Gasteiger partial charge >= 0.3 is 0 Å². The molecule has 0 aromatic heterocycles. The van der Waals surface area contributed by atoms with Crippen LogP contribution in [0, 0.1) is 13.8 Å². The molecule has 1 aliphatic rings. The fourth-order valence-corrected chi connectivity index (χ4v) is 2.14. The molecule has 1 aromatic carbocycles. The highest BCUT2D eigenvalue weighted by atomic mass is 32.1. The normalized spacial score (nSPS) is 18.4. The molecule has 0 saturated carbocycles. The Morgan fingerprint density at radius 1 is 1.53 bits per heavy atom. The fourth-order valence-electron chi connectivity index (χ4n) is 2.01. The Kier molecular flexibility index (Phi) is 4.04. The maximum Gasteiger partial charge on any atom is 0.145 e. The zero-order valence-corrected chi connectivity index (χ0v) is 12.3. The SMILES string of the molecule is Cc1cccc(OCC2=NC(C(N)=S)CN2C)c1C. The number of nitrogens with zero attached hydrogens (tertiary/aromatic N) is 2. The summed E-state index contributed by atoms with van der Waals surface area (Å²) < 4.78 is 5.84. The van der Waals surface area contributed by atoms with Crippen LogP contribution in [0.2, 0.25) is 0 Å². The van der Waals surface area contributed by atoms with Crippen LogP contribution < -0.4 is 10.5 Å². The van der Waals surface area contributed by atoms with Crippen molar-refractivity contribution in [3.05, 3.63) is 29.3 Å². The molecule has 1 heterocycles. The van der Waals surface area contributed by atoms with Crippen molar-refractivity contribution in [1.29, 1.82) is 0 Å². The highest BCUT2D eigenvalue weighted by Crippen LogP contribution is 2.21. The molecule has 2 N–H and O–H groups in total. The molecule has 0 spiro atoms. The van der Waals surface area contributed by atoms with Crippen molar-refractivity contribution in [3.8, 4) is 5.75 Å². The van der Waals surface area contributed by atoms with E-state index in [-0.39, 0.29) is 6.04 Å². The zero-order chi connectivity index (χ0) is 14.0.